The minimum atomic E-state index is 0.0776. The van der Waals surface area contributed by atoms with Crippen LogP contribution in [-0.4, -0.2) is 17.6 Å². The van der Waals surface area contributed by atoms with E-state index in [1.165, 1.54) is 34.5 Å². The van der Waals surface area contributed by atoms with Crippen molar-refractivity contribution in [3.05, 3.63) is 217 Å². The van der Waals surface area contributed by atoms with Gasteiger partial charge in [-0.05, 0) is 85.7 Å². The first-order valence-electron chi connectivity index (χ1n) is 21.1. The Bertz CT molecular complexity index is 2080. The lowest BCUT2D eigenvalue weighted by Crippen LogP contribution is -2.33. The van der Waals surface area contributed by atoms with E-state index in [1.54, 1.807) is 12.2 Å². The highest BCUT2D eigenvalue weighted by Gasteiger charge is 2.30. The Morgan fingerprint density at radius 3 is 2.31 bits per heavy atom. The lowest BCUT2D eigenvalue weighted by atomic mass is 9.83. The number of rotatable bonds is 6. The number of nitrogens with zero attached hydrogens (tertiary/aromatic N) is 3. The fraction of sp³-hybridized carbons (Fsp3) is 0.273. The zero-order valence-corrected chi connectivity index (χ0v) is 36.6. The molecule has 3 heterocycles. The van der Waals surface area contributed by atoms with Gasteiger partial charge in [0.1, 0.15) is 0 Å². The summed E-state index contributed by atoms with van der Waals surface area (Å²) in [5, 5.41) is 0. The van der Waals surface area contributed by atoms with Crippen molar-refractivity contribution < 1.29 is 0 Å². The van der Waals surface area contributed by atoms with Crippen molar-refractivity contribution in [1.82, 2.24) is 4.98 Å². The van der Waals surface area contributed by atoms with Gasteiger partial charge in [-0.2, -0.15) is 0 Å². The van der Waals surface area contributed by atoms with Crippen LogP contribution in [-0.2, 0) is 12.8 Å². The fourth-order valence-corrected chi connectivity index (χ4v) is 6.81. The van der Waals surface area contributed by atoms with Gasteiger partial charge in [0.05, 0.1) is 22.8 Å². The monoisotopic (exact) mass is 770 g/mol. The third kappa shape index (κ3) is 13.1. The van der Waals surface area contributed by atoms with Crippen LogP contribution in [0.5, 0.6) is 0 Å². The average molecular weight is 770 g/mol. The molecule has 1 aromatic heterocycles. The molecule has 58 heavy (non-hydrogen) atoms. The number of pyridine rings is 1. The number of anilines is 2. The molecule has 0 spiro atoms. The summed E-state index contributed by atoms with van der Waals surface area (Å²) in [4.78, 5) is 9.99. The quantitative estimate of drug-likeness (QED) is 0.141. The molecular weight excluding hydrogens is 703 g/mol. The molecule has 2 unspecified atom stereocenters. The highest BCUT2D eigenvalue weighted by molar-refractivity contribution is 5.74. The second-order valence-corrected chi connectivity index (χ2v) is 14.1. The summed E-state index contributed by atoms with van der Waals surface area (Å²) in [6, 6.07) is 23.9. The number of hydrogen-bond acceptors (Lipinski definition) is 3. The maximum Gasteiger partial charge on any atom is 0.0887 e. The molecule has 0 saturated carbocycles. The smallest absolute Gasteiger partial charge is 0.0887 e. The van der Waals surface area contributed by atoms with Gasteiger partial charge in [0.25, 0.3) is 0 Å². The normalized spacial score (nSPS) is 20.6. The van der Waals surface area contributed by atoms with Crippen molar-refractivity contribution >= 4 is 11.4 Å². The van der Waals surface area contributed by atoms with Crippen molar-refractivity contribution in [3.63, 3.8) is 0 Å². The molecule has 0 saturated heterocycles. The summed E-state index contributed by atoms with van der Waals surface area (Å²) in [5.74, 6) is 0.173. The molecule has 0 bridgehead atoms. The van der Waals surface area contributed by atoms with Gasteiger partial charge >= 0.3 is 0 Å². The highest BCUT2D eigenvalue weighted by Crippen LogP contribution is 2.43. The summed E-state index contributed by atoms with van der Waals surface area (Å²) in [6.45, 7) is 29.4. The van der Waals surface area contributed by atoms with E-state index in [4.69, 9.17) is 11.6 Å². The van der Waals surface area contributed by atoms with E-state index >= 15 is 0 Å². The predicted molar refractivity (Wildman–Crippen MR) is 257 cm³/mol. The fourth-order valence-electron chi connectivity index (χ4n) is 6.81. The van der Waals surface area contributed by atoms with Gasteiger partial charge < -0.3 is 9.80 Å². The van der Waals surface area contributed by atoms with Crippen molar-refractivity contribution in [3.8, 4) is 11.3 Å². The number of allylic oxidation sites excluding steroid dienone is 14. The molecule has 2 aliphatic heterocycles. The summed E-state index contributed by atoms with van der Waals surface area (Å²) in [6.07, 6.45) is 33.3. The molecule has 2 aromatic carbocycles. The zero-order chi connectivity index (χ0) is 42.3. The number of benzene rings is 2. The number of fused-ring (bicyclic) bond motifs is 1. The highest BCUT2D eigenvalue weighted by atomic mass is 15.2. The molecule has 1 aliphatic carbocycles. The van der Waals surface area contributed by atoms with Crippen molar-refractivity contribution in [2.75, 3.05) is 16.3 Å². The largest absolute Gasteiger partial charge is 0.362 e. The molecule has 302 valence electrons. The van der Waals surface area contributed by atoms with E-state index in [0.29, 0.717) is 0 Å². The lowest BCUT2D eigenvalue weighted by molar-refractivity contribution is 0.774. The third-order valence-electron chi connectivity index (χ3n) is 9.60. The van der Waals surface area contributed by atoms with E-state index < -0.39 is 0 Å². The Balaban J connectivity index is 0.000000916. The van der Waals surface area contributed by atoms with Gasteiger partial charge in [-0.3, -0.25) is 4.98 Å². The maximum absolute atomic E-state index is 5.09. The van der Waals surface area contributed by atoms with Crippen LogP contribution in [0.1, 0.15) is 79.5 Å². The maximum atomic E-state index is 5.09. The standard InChI is InChI=1S/C46H47N3.C4H6.C3H8.C2H6/c1-6-7-25-40-32-42(33-44(47-40)38-22-14-11-15-23-38)48-29-20-12-13-21-34(2)37(5)43-31-39-24-18-19-28-45(39)49(46(43)35(3)30-36(48)4)41-26-16-9-8-10-17-27-41;1-3-4-2;1-3-2;1-2/h6-9,11-24,27-28,30,32-34,36H,5,10,25,29,31H2,1-4H3;3-4H,1-2H2;3H2,1-2H3;1-2H3/b7-6-,9-8-,20-12-,21-13-,27-17-,35-30-;;;. The summed E-state index contributed by atoms with van der Waals surface area (Å²) >= 11 is 0. The van der Waals surface area contributed by atoms with Gasteiger partial charge in [-0.25, -0.2) is 0 Å². The van der Waals surface area contributed by atoms with Crippen molar-refractivity contribution in [2.24, 2.45) is 5.92 Å². The van der Waals surface area contributed by atoms with Crippen molar-refractivity contribution in [1.29, 1.82) is 0 Å². The van der Waals surface area contributed by atoms with Crippen LogP contribution in [0.4, 0.5) is 11.4 Å². The molecule has 3 heteroatoms. The molecular formula is C55H67N3. The zero-order valence-electron chi connectivity index (χ0n) is 36.6. The second-order valence-electron chi connectivity index (χ2n) is 14.1. The summed E-state index contributed by atoms with van der Waals surface area (Å²) in [7, 11) is 0. The van der Waals surface area contributed by atoms with Gasteiger partial charge in [-0.1, -0.05) is 188 Å². The van der Waals surface area contributed by atoms with Crippen LogP contribution >= 0.6 is 0 Å². The van der Waals surface area contributed by atoms with Crippen molar-refractivity contribution in [2.45, 2.75) is 87.1 Å². The molecule has 0 amide bonds. The van der Waals surface area contributed by atoms with Crippen LogP contribution in [0.25, 0.3) is 11.3 Å². The minimum Gasteiger partial charge on any atom is -0.362 e. The molecule has 0 N–H and O–H groups in total. The van der Waals surface area contributed by atoms with Crippen LogP contribution in [0.15, 0.2) is 205 Å². The van der Waals surface area contributed by atoms with E-state index in [1.807, 2.05) is 19.9 Å². The van der Waals surface area contributed by atoms with Gasteiger partial charge in [-0.15, -0.1) is 0 Å². The molecule has 6 rings (SSSR count). The van der Waals surface area contributed by atoms with Crippen LogP contribution in [0.2, 0.25) is 0 Å². The Labute approximate surface area is 352 Å². The first-order chi connectivity index (χ1) is 28.3. The number of para-hydroxylation sites is 1. The summed E-state index contributed by atoms with van der Waals surface area (Å²) < 4.78 is 0. The van der Waals surface area contributed by atoms with Gasteiger partial charge in [0.2, 0.25) is 0 Å². The predicted octanol–water partition coefficient (Wildman–Crippen LogP) is 15.0. The topological polar surface area (TPSA) is 19.4 Å². The Morgan fingerprint density at radius 1 is 0.897 bits per heavy atom. The molecule has 3 aliphatic rings. The SMILES string of the molecule is C=C1C2=C(/C(C)=C\C(C)N(c3cc(C/C=C\C)nc(-c4ccccc4)c3)C/C=C\C=C/C1C)N(C1=C=C/C=C\C/C=C\1)c1ccccc1C2.C=CC=C.CC.CCC. The van der Waals surface area contributed by atoms with Crippen LogP contribution in [0, 0.1) is 5.92 Å². The average Bonchev–Trinajstić information content (AvgIpc) is 3.24. The second kappa shape index (κ2) is 25.4. The molecule has 3 nitrogen and oxygen atoms in total. The number of hydrogen-bond donors (Lipinski definition) is 0. The van der Waals surface area contributed by atoms with Gasteiger partial charge in [0, 0.05) is 42.4 Å². The minimum absolute atomic E-state index is 0.0776. The molecule has 0 fully saturated rings. The van der Waals surface area contributed by atoms with E-state index in [0.717, 1.165) is 59.7 Å². The number of aromatic nitrogens is 1. The molecule has 0 radical (unpaired) electrons. The summed E-state index contributed by atoms with van der Waals surface area (Å²) in [5.41, 5.74) is 16.3. The van der Waals surface area contributed by atoms with Crippen LogP contribution in [0.3, 0.4) is 0 Å². The first-order valence-corrected chi connectivity index (χ1v) is 21.1. The van der Waals surface area contributed by atoms with E-state index in [-0.39, 0.29) is 12.0 Å². The Hall–Kier alpha value is -5.89. The first kappa shape index (κ1) is 46.5. The van der Waals surface area contributed by atoms with E-state index in [2.05, 4.69) is 204 Å². The molecule has 3 aromatic rings. The lowest BCUT2D eigenvalue weighted by Gasteiger charge is -2.38. The van der Waals surface area contributed by atoms with Crippen LogP contribution < -0.4 is 9.80 Å². The van der Waals surface area contributed by atoms with E-state index in [9.17, 15) is 0 Å². The van der Waals surface area contributed by atoms with Gasteiger partial charge in [0.15, 0.2) is 0 Å². The third-order valence-corrected chi connectivity index (χ3v) is 9.60. The molecule has 2 atom stereocenters. The Kier molecular flexibility index (Phi) is 20.3. The Morgan fingerprint density at radius 2 is 1.60 bits per heavy atom.